The number of aliphatic imine (C=N–C) groups is 1. The first-order valence-corrected chi connectivity index (χ1v) is 7.75. The third kappa shape index (κ3) is 4.84. The Morgan fingerprint density at radius 2 is 2.27 bits per heavy atom. The molecule has 1 fully saturated rings. The van der Waals surface area contributed by atoms with Crippen molar-refractivity contribution in [3.8, 4) is 0 Å². The Labute approximate surface area is 130 Å². The summed E-state index contributed by atoms with van der Waals surface area (Å²) in [5.74, 6) is 1.04. The van der Waals surface area contributed by atoms with E-state index in [1.807, 2.05) is 19.9 Å². The van der Waals surface area contributed by atoms with E-state index in [1.54, 1.807) is 7.11 Å². The van der Waals surface area contributed by atoms with E-state index in [-0.39, 0.29) is 17.9 Å². The maximum atomic E-state index is 12.3. The number of nitrogens with one attached hydrogen (secondary N) is 3. The predicted octanol–water partition coefficient (Wildman–Crippen LogP) is 1.83. The Morgan fingerprint density at radius 1 is 1.55 bits per heavy atom. The number of H-pyrrole nitrogens is 1. The molecule has 0 radical (unpaired) electrons. The van der Waals surface area contributed by atoms with Crippen molar-refractivity contribution < 1.29 is 9.53 Å². The largest absolute Gasteiger partial charge is 0.383 e. The quantitative estimate of drug-likeness (QED) is 0.570. The molecule has 1 saturated carbocycles. The summed E-state index contributed by atoms with van der Waals surface area (Å²) in [5, 5.41) is 13.2. The lowest BCUT2D eigenvalue weighted by Gasteiger charge is -2.17. The number of rotatable bonds is 5. The molecule has 2 rings (SSSR count). The molecule has 0 saturated heterocycles. The minimum Gasteiger partial charge on any atom is -0.383 e. The van der Waals surface area contributed by atoms with Crippen LogP contribution in [-0.2, 0) is 9.53 Å². The van der Waals surface area contributed by atoms with Crippen LogP contribution in [0.4, 0.5) is 5.82 Å². The van der Waals surface area contributed by atoms with Gasteiger partial charge in [0.25, 0.3) is 5.91 Å². The highest BCUT2D eigenvalue weighted by Gasteiger charge is 2.23. The van der Waals surface area contributed by atoms with Gasteiger partial charge in [-0.15, -0.1) is 0 Å². The summed E-state index contributed by atoms with van der Waals surface area (Å²) in [6, 6.07) is 1.89. The maximum Gasteiger partial charge on any atom is 0.251 e. The van der Waals surface area contributed by atoms with Crippen molar-refractivity contribution in [1.82, 2.24) is 15.5 Å². The van der Waals surface area contributed by atoms with Crippen LogP contribution in [0.2, 0.25) is 0 Å². The van der Waals surface area contributed by atoms with Crippen molar-refractivity contribution in [2.24, 2.45) is 10.9 Å². The van der Waals surface area contributed by atoms with Gasteiger partial charge < -0.3 is 15.4 Å². The highest BCUT2D eigenvalue weighted by Crippen LogP contribution is 2.25. The zero-order valence-corrected chi connectivity index (χ0v) is 13.5. The summed E-state index contributed by atoms with van der Waals surface area (Å²) < 4.78 is 5.11. The van der Waals surface area contributed by atoms with Gasteiger partial charge in [0.05, 0.1) is 6.61 Å². The molecule has 0 bridgehead atoms. The lowest BCUT2D eigenvalue weighted by molar-refractivity contribution is -0.121. The Hall–Kier alpha value is -1.89. The minimum atomic E-state index is -0.0654. The first-order valence-electron chi connectivity index (χ1n) is 7.75. The summed E-state index contributed by atoms with van der Waals surface area (Å²) in [5.41, 5.74) is 0.939. The molecule has 1 unspecified atom stereocenters. The van der Waals surface area contributed by atoms with Crippen LogP contribution in [-0.4, -0.2) is 41.8 Å². The average molecular weight is 307 g/mol. The lowest BCUT2D eigenvalue weighted by Crippen LogP contribution is -2.40. The van der Waals surface area contributed by atoms with E-state index < -0.39 is 0 Å². The zero-order chi connectivity index (χ0) is 15.9. The van der Waals surface area contributed by atoms with Crippen molar-refractivity contribution in [1.29, 1.82) is 0 Å². The molecule has 1 aliphatic carbocycles. The molecule has 1 atom stereocenters. The number of methoxy groups -OCH3 is 1. The number of hydrogen-bond donors (Lipinski definition) is 3. The van der Waals surface area contributed by atoms with E-state index in [2.05, 4.69) is 25.8 Å². The summed E-state index contributed by atoms with van der Waals surface area (Å²) in [6.45, 7) is 4.41. The molecule has 3 N–H and O–H groups in total. The standard InChI is InChI=1S/C15H25N5O2/c1-10-8-13(20-19-10)17-15(16-11(2)9-22-3)18-14(21)12-6-4-5-7-12/h8,11-12H,4-7,9H2,1-3H3,(H3,16,17,18,19,20,21). The van der Waals surface area contributed by atoms with Crippen LogP contribution in [0.1, 0.15) is 38.3 Å². The molecule has 1 aromatic rings. The van der Waals surface area contributed by atoms with Crippen LogP contribution in [0, 0.1) is 12.8 Å². The van der Waals surface area contributed by atoms with Crippen molar-refractivity contribution in [2.45, 2.75) is 45.6 Å². The van der Waals surface area contributed by atoms with Crippen molar-refractivity contribution in [3.05, 3.63) is 11.8 Å². The van der Waals surface area contributed by atoms with Gasteiger partial charge in [-0.1, -0.05) is 12.8 Å². The number of aryl methyl sites for hydroxylation is 1. The SMILES string of the molecule is COCC(C)N/C(=N/C(=O)C1CCCC1)Nc1cc(C)[nH]n1. The Balaban J connectivity index is 2.07. The van der Waals surface area contributed by atoms with E-state index in [0.717, 1.165) is 31.4 Å². The van der Waals surface area contributed by atoms with Gasteiger partial charge in [-0.2, -0.15) is 10.1 Å². The van der Waals surface area contributed by atoms with Gasteiger partial charge in [0.1, 0.15) is 0 Å². The number of carbonyl (C=O) groups is 1. The third-order valence-corrected chi connectivity index (χ3v) is 3.68. The third-order valence-electron chi connectivity index (χ3n) is 3.68. The highest BCUT2D eigenvalue weighted by molar-refractivity contribution is 6.01. The van der Waals surface area contributed by atoms with Crippen LogP contribution >= 0.6 is 0 Å². The number of amides is 1. The molecular formula is C15H25N5O2. The minimum absolute atomic E-state index is 0.0349. The fourth-order valence-corrected chi connectivity index (χ4v) is 2.60. The number of aromatic amines is 1. The van der Waals surface area contributed by atoms with Crippen LogP contribution in [0.15, 0.2) is 11.1 Å². The van der Waals surface area contributed by atoms with Crippen molar-refractivity contribution >= 4 is 17.7 Å². The van der Waals surface area contributed by atoms with Crippen LogP contribution in [0.3, 0.4) is 0 Å². The summed E-state index contributed by atoms with van der Waals surface area (Å²) in [4.78, 5) is 16.5. The van der Waals surface area contributed by atoms with E-state index in [0.29, 0.717) is 18.4 Å². The van der Waals surface area contributed by atoms with Crippen LogP contribution < -0.4 is 10.6 Å². The average Bonchev–Trinajstić information content (AvgIpc) is 3.10. The van der Waals surface area contributed by atoms with Crippen molar-refractivity contribution in [3.63, 3.8) is 0 Å². The molecule has 22 heavy (non-hydrogen) atoms. The predicted molar refractivity (Wildman–Crippen MR) is 85.8 cm³/mol. The number of anilines is 1. The molecule has 122 valence electrons. The second-order valence-corrected chi connectivity index (χ2v) is 5.84. The van der Waals surface area contributed by atoms with Gasteiger partial charge in [-0.25, -0.2) is 0 Å². The molecule has 0 aromatic carbocycles. The molecule has 1 aromatic heterocycles. The molecule has 0 aliphatic heterocycles. The van der Waals surface area contributed by atoms with Gasteiger partial charge in [0.2, 0.25) is 5.96 Å². The first kappa shape index (κ1) is 16.5. The molecule has 0 spiro atoms. The van der Waals surface area contributed by atoms with Crippen LogP contribution in [0.25, 0.3) is 0 Å². The first-order chi connectivity index (χ1) is 10.6. The number of aromatic nitrogens is 2. The van der Waals surface area contributed by atoms with E-state index in [4.69, 9.17) is 4.74 Å². The maximum absolute atomic E-state index is 12.3. The van der Waals surface area contributed by atoms with E-state index in [1.165, 1.54) is 0 Å². The molecule has 7 heteroatoms. The highest BCUT2D eigenvalue weighted by atomic mass is 16.5. The van der Waals surface area contributed by atoms with E-state index >= 15 is 0 Å². The van der Waals surface area contributed by atoms with Gasteiger partial charge in [-0.05, 0) is 26.7 Å². The molecule has 1 amide bonds. The summed E-state index contributed by atoms with van der Waals surface area (Å²) in [6.07, 6.45) is 4.09. The molecule has 1 aliphatic rings. The van der Waals surface area contributed by atoms with Gasteiger partial charge in [-0.3, -0.25) is 9.89 Å². The van der Waals surface area contributed by atoms with E-state index in [9.17, 15) is 4.79 Å². The normalized spacial score (nSPS) is 17.5. The Morgan fingerprint density at radius 3 is 2.86 bits per heavy atom. The zero-order valence-electron chi connectivity index (χ0n) is 13.5. The van der Waals surface area contributed by atoms with Gasteiger partial charge in [0.15, 0.2) is 5.82 Å². The topological polar surface area (TPSA) is 91.4 Å². The number of nitrogens with zero attached hydrogens (tertiary/aromatic N) is 2. The summed E-state index contributed by atoms with van der Waals surface area (Å²) in [7, 11) is 1.64. The molecule has 1 heterocycles. The Bertz CT molecular complexity index is 520. The monoisotopic (exact) mass is 307 g/mol. The fourth-order valence-electron chi connectivity index (χ4n) is 2.60. The second-order valence-electron chi connectivity index (χ2n) is 5.84. The molecule has 7 nitrogen and oxygen atoms in total. The lowest BCUT2D eigenvalue weighted by atomic mass is 10.1. The number of hydrogen-bond acceptors (Lipinski definition) is 3. The van der Waals surface area contributed by atoms with Crippen LogP contribution in [0.5, 0.6) is 0 Å². The summed E-state index contributed by atoms with van der Waals surface area (Å²) >= 11 is 0. The number of ether oxygens (including phenoxy) is 1. The molecular weight excluding hydrogens is 282 g/mol. The van der Waals surface area contributed by atoms with Crippen molar-refractivity contribution in [2.75, 3.05) is 19.0 Å². The number of guanidine groups is 1. The van der Waals surface area contributed by atoms with Gasteiger partial charge >= 0.3 is 0 Å². The van der Waals surface area contributed by atoms with Gasteiger partial charge in [0, 0.05) is 30.8 Å². The smallest absolute Gasteiger partial charge is 0.251 e. The second kappa shape index (κ2) is 7.93. The fraction of sp³-hybridized carbons (Fsp3) is 0.667. The Kier molecular flexibility index (Phi) is 5.94. The number of carbonyl (C=O) groups excluding carboxylic acids is 1.